The Morgan fingerprint density at radius 3 is 2.50 bits per heavy atom. The summed E-state index contributed by atoms with van der Waals surface area (Å²) in [5.74, 6) is 0. The number of aliphatic hydroxyl groups is 1. The quantitative estimate of drug-likeness (QED) is 0.823. The third kappa shape index (κ3) is 3.88. The largest absolute Gasteiger partial charge is 0.394 e. The van der Waals surface area contributed by atoms with Crippen LogP contribution in [0.3, 0.4) is 0 Å². The fraction of sp³-hybridized carbons (Fsp3) is 0.438. The maximum absolute atomic E-state index is 9.56. The molecule has 0 spiro atoms. The predicted molar refractivity (Wildman–Crippen MR) is 84.0 cm³/mol. The monoisotopic (exact) mass is 290 g/mol. The summed E-state index contributed by atoms with van der Waals surface area (Å²) >= 11 is 1.70. The number of aromatic nitrogens is 1. The van der Waals surface area contributed by atoms with E-state index in [0.29, 0.717) is 6.54 Å². The highest BCUT2D eigenvalue weighted by molar-refractivity contribution is 7.09. The first-order chi connectivity index (χ1) is 9.76. The molecule has 0 saturated carbocycles. The molecule has 1 atom stereocenters. The Morgan fingerprint density at radius 2 is 1.95 bits per heavy atom. The van der Waals surface area contributed by atoms with Crippen molar-refractivity contribution >= 4 is 11.3 Å². The predicted octanol–water partition coefficient (Wildman–Crippen LogP) is 3.09. The van der Waals surface area contributed by atoms with Crippen molar-refractivity contribution in [2.75, 3.05) is 6.61 Å². The van der Waals surface area contributed by atoms with Crippen molar-refractivity contribution in [3.63, 3.8) is 0 Å². The average molecular weight is 290 g/mol. The van der Waals surface area contributed by atoms with E-state index in [1.54, 1.807) is 11.3 Å². The van der Waals surface area contributed by atoms with Gasteiger partial charge in [-0.05, 0) is 24.0 Å². The van der Waals surface area contributed by atoms with Crippen LogP contribution in [0.4, 0.5) is 0 Å². The van der Waals surface area contributed by atoms with E-state index in [1.807, 2.05) is 0 Å². The van der Waals surface area contributed by atoms with Gasteiger partial charge in [0, 0.05) is 11.9 Å². The summed E-state index contributed by atoms with van der Waals surface area (Å²) in [7, 11) is 0. The van der Waals surface area contributed by atoms with E-state index in [4.69, 9.17) is 0 Å². The number of nitrogens with one attached hydrogen (secondary N) is 1. The molecular weight excluding hydrogens is 268 g/mol. The van der Waals surface area contributed by atoms with Crippen molar-refractivity contribution in [3.8, 4) is 0 Å². The van der Waals surface area contributed by atoms with Crippen molar-refractivity contribution in [3.05, 3.63) is 51.5 Å². The number of rotatable bonds is 7. The molecule has 3 nitrogen and oxygen atoms in total. The van der Waals surface area contributed by atoms with Crippen LogP contribution in [-0.4, -0.2) is 16.7 Å². The van der Waals surface area contributed by atoms with E-state index in [2.05, 4.69) is 53.8 Å². The lowest BCUT2D eigenvalue weighted by molar-refractivity contribution is 0.243. The van der Waals surface area contributed by atoms with Crippen LogP contribution in [0.15, 0.2) is 29.6 Å². The second kappa shape index (κ2) is 7.53. The van der Waals surface area contributed by atoms with E-state index in [1.165, 1.54) is 5.56 Å². The van der Waals surface area contributed by atoms with Crippen LogP contribution >= 0.6 is 11.3 Å². The van der Waals surface area contributed by atoms with Crippen molar-refractivity contribution in [1.29, 1.82) is 0 Å². The molecule has 2 aromatic rings. The van der Waals surface area contributed by atoms with E-state index in [9.17, 15) is 5.11 Å². The topological polar surface area (TPSA) is 45.1 Å². The molecule has 2 N–H and O–H groups in total. The molecule has 20 heavy (non-hydrogen) atoms. The van der Waals surface area contributed by atoms with Crippen molar-refractivity contribution < 1.29 is 5.11 Å². The van der Waals surface area contributed by atoms with Crippen LogP contribution in [0.25, 0.3) is 0 Å². The van der Waals surface area contributed by atoms with Gasteiger partial charge in [-0.25, -0.2) is 4.98 Å². The minimum Gasteiger partial charge on any atom is -0.394 e. The molecule has 108 valence electrons. The Balaban J connectivity index is 1.97. The Bertz CT molecular complexity index is 522. The van der Waals surface area contributed by atoms with Crippen LogP contribution in [-0.2, 0) is 19.4 Å². The number of aryl methyl sites for hydroxylation is 2. The summed E-state index contributed by atoms with van der Waals surface area (Å²) in [5.41, 5.74) is 3.49. The molecular formula is C16H22N2OS. The number of benzene rings is 1. The number of thiazole rings is 1. The molecule has 0 amide bonds. The molecule has 0 saturated heterocycles. The standard InChI is InChI=1S/C16H22N2OS/c1-3-12-5-7-13(8-6-12)15(10-19)17-9-14-11-20-16(4-2)18-14/h5-8,11,15,17,19H,3-4,9-10H2,1-2H3. The van der Waals surface area contributed by atoms with Gasteiger partial charge in [0.25, 0.3) is 0 Å². The number of hydrogen-bond acceptors (Lipinski definition) is 4. The summed E-state index contributed by atoms with van der Waals surface area (Å²) in [6, 6.07) is 8.39. The SMILES string of the molecule is CCc1ccc(C(CO)NCc2csc(CC)n2)cc1. The van der Waals surface area contributed by atoms with Crippen LogP contribution < -0.4 is 5.32 Å². The zero-order valence-corrected chi connectivity index (χ0v) is 12.9. The Labute approximate surface area is 124 Å². The molecule has 1 aromatic carbocycles. The van der Waals surface area contributed by atoms with Gasteiger partial charge in [0.2, 0.25) is 0 Å². The maximum Gasteiger partial charge on any atom is 0.0926 e. The van der Waals surface area contributed by atoms with Crippen LogP contribution in [0.5, 0.6) is 0 Å². The Kier molecular flexibility index (Phi) is 5.71. The lowest BCUT2D eigenvalue weighted by atomic mass is 10.0. The molecule has 1 aromatic heterocycles. The van der Waals surface area contributed by atoms with Gasteiger partial charge in [0.05, 0.1) is 23.4 Å². The van der Waals surface area contributed by atoms with E-state index < -0.39 is 0 Å². The van der Waals surface area contributed by atoms with E-state index >= 15 is 0 Å². The highest BCUT2D eigenvalue weighted by Crippen LogP contribution is 2.16. The Hall–Kier alpha value is -1.23. The van der Waals surface area contributed by atoms with E-state index in [0.717, 1.165) is 29.1 Å². The molecule has 0 fully saturated rings. The van der Waals surface area contributed by atoms with Gasteiger partial charge in [-0.1, -0.05) is 38.1 Å². The number of hydrogen-bond donors (Lipinski definition) is 2. The number of nitrogens with zero attached hydrogens (tertiary/aromatic N) is 1. The smallest absolute Gasteiger partial charge is 0.0926 e. The maximum atomic E-state index is 9.56. The Morgan fingerprint density at radius 1 is 1.20 bits per heavy atom. The average Bonchev–Trinajstić information content (AvgIpc) is 2.96. The molecule has 4 heteroatoms. The third-order valence-corrected chi connectivity index (χ3v) is 4.45. The molecule has 1 unspecified atom stereocenters. The summed E-state index contributed by atoms with van der Waals surface area (Å²) in [6.45, 7) is 5.04. The molecule has 0 aliphatic heterocycles. The highest BCUT2D eigenvalue weighted by atomic mass is 32.1. The van der Waals surface area contributed by atoms with Gasteiger partial charge >= 0.3 is 0 Å². The van der Waals surface area contributed by atoms with Gasteiger partial charge in [-0.3, -0.25) is 0 Å². The summed E-state index contributed by atoms with van der Waals surface area (Å²) in [6.07, 6.45) is 2.02. The second-order valence-electron chi connectivity index (χ2n) is 4.80. The molecule has 0 radical (unpaired) electrons. The first kappa shape index (κ1) is 15.2. The van der Waals surface area contributed by atoms with Gasteiger partial charge in [-0.15, -0.1) is 11.3 Å². The fourth-order valence-electron chi connectivity index (χ4n) is 2.09. The summed E-state index contributed by atoms with van der Waals surface area (Å²) in [5, 5.41) is 16.2. The van der Waals surface area contributed by atoms with Crippen LogP contribution in [0.1, 0.15) is 41.7 Å². The molecule has 0 aliphatic carbocycles. The molecule has 0 aliphatic rings. The number of aliphatic hydroxyl groups excluding tert-OH is 1. The normalized spacial score (nSPS) is 12.6. The van der Waals surface area contributed by atoms with Crippen molar-refractivity contribution in [1.82, 2.24) is 10.3 Å². The van der Waals surface area contributed by atoms with Gasteiger partial charge in [0.1, 0.15) is 0 Å². The fourth-order valence-corrected chi connectivity index (χ4v) is 2.84. The molecule has 2 rings (SSSR count). The van der Waals surface area contributed by atoms with Gasteiger partial charge < -0.3 is 10.4 Å². The first-order valence-electron chi connectivity index (χ1n) is 7.13. The lowest BCUT2D eigenvalue weighted by Gasteiger charge is -2.16. The lowest BCUT2D eigenvalue weighted by Crippen LogP contribution is -2.24. The third-order valence-electron chi connectivity index (χ3n) is 3.40. The zero-order chi connectivity index (χ0) is 14.4. The summed E-state index contributed by atoms with van der Waals surface area (Å²) < 4.78 is 0. The highest BCUT2D eigenvalue weighted by Gasteiger charge is 2.10. The zero-order valence-electron chi connectivity index (χ0n) is 12.1. The van der Waals surface area contributed by atoms with Crippen LogP contribution in [0, 0.1) is 0 Å². The van der Waals surface area contributed by atoms with Gasteiger partial charge in [-0.2, -0.15) is 0 Å². The molecule has 0 bridgehead atoms. The molecule has 1 heterocycles. The van der Waals surface area contributed by atoms with Crippen molar-refractivity contribution in [2.45, 2.75) is 39.3 Å². The van der Waals surface area contributed by atoms with Gasteiger partial charge in [0.15, 0.2) is 0 Å². The van der Waals surface area contributed by atoms with E-state index in [-0.39, 0.29) is 12.6 Å². The minimum absolute atomic E-state index is 0.0346. The second-order valence-corrected chi connectivity index (χ2v) is 5.74. The first-order valence-corrected chi connectivity index (χ1v) is 8.01. The van der Waals surface area contributed by atoms with Crippen LogP contribution in [0.2, 0.25) is 0 Å². The van der Waals surface area contributed by atoms with Crippen molar-refractivity contribution in [2.24, 2.45) is 0 Å². The minimum atomic E-state index is -0.0346. The summed E-state index contributed by atoms with van der Waals surface area (Å²) in [4.78, 5) is 4.53.